The minimum Gasteiger partial charge on any atom is -0.402 e. The summed E-state index contributed by atoms with van der Waals surface area (Å²) in [6, 6.07) is 24.3. The molecule has 2 heterocycles. The van der Waals surface area contributed by atoms with Crippen LogP contribution in [0, 0.1) is 20.8 Å². The van der Waals surface area contributed by atoms with Gasteiger partial charge in [0.05, 0.1) is 5.52 Å². The minimum absolute atomic E-state index is 0.270. The number of esters is 1. The quantitative estimate of drug-likeness (QED) is 0.258. The number of hydrogen-bond acceptors (Lipinski definition) is 5. The van der Waals surface area contributed by atoms with Crippen LogP contribution in [-0.2, 0) is 9.53 Å². The maximum Gasteiger partial charge on any atom is 0.363 e. The van der Waals surface area contributed by atoms with Crippen molar-refractivity contribution in [1.29, 1.82) is 0 Å². The van der Waals surface area contributed by atoms with Crippen molar-refractivity contribution in [2.45, 2.75) is 30.7 Å². The Bertz CT molecular complexity index is 1450. The van der Waals surface area contributed by atoms with Crippen LogP contribution in [0.2, 0.25) is 0 Å². The zero-order valence-electron chi connectivity index (χ0n) is 18.6. The van der Waals surface area contributed by atoms with E-state index in [0.29, 0.717) is 5.90 Å². The molecular weight excluding hydrogens is 428 g/mol. The van der Waals surface area contributed by atoms with Crippen LogP contribution in [0.3, 0.4) is 0 Å². The maximum absolute atomic E-state index is 12.6. The molecule has 1 aliphatic heterocycles. The Morgan fingerprint density at radius 1 is 0.879 bits per heavy atom. The fraction of sp³-hybridized carbons (Fsp3) is 0.107. The number of cyclic esters (lactones) is 1. The lowest BCUT2D eigenvalue weighted by molar-refractivity contribution is -0.129. The van der Waals surface area contributed by atoms with E-state index < -0.39 is 5.97 Å². The van der Waals surface area contributed by atoms with Gasteiger partial charge in [0.2, 0.25) is 5.90 Å². The van der Waals surface area contributed by atoms with Gasteiger partial charge in [-0.15, -0.1) is 0 Å². The third kappa shape index (κ3) is 4.45. The van der Waals surface area contributed by atoms with Crippen LogP contribution in [0.5, 0.6) is 0 Å². The Kier molecular flexibility index (Phi) is 5.56. The van der Waals surface area contributed by atoms with Crippen molar-refractivity contribution in [2.24, 2.45) is 4.99 Å². The van der Waals surface area contributed by atoms with Gasteiger partial charge in [-0.05, 0) is 62.7 Å². The van der Waals surface area contributed by atoms with Gasteiger partial charge >= 0.3 is 5.97 Å². The Labute approximate surface area is 197 Å². The second kappa shape index (κ2) is 8.68. The second-order valence-electron chi connectivity index (χ2n) is 8.15. The minimum atomic E-state index is -0.456. The van der Waals surface area contributed by atoms with E-state index in [0.717, 1.165) is 43.1 Å². The lowest BCUT2D eigenvalue weighted by Crippen LogP contribution is -2.05. The molecule has 1 aromatic heterocycles. The molecule has 3 aromatic carbocycles. The largest absolute Gasteiger partial charge is 0.402 e. The van der Waals surface area contributed by atoms with E-state index in [1.807, 2.05) is 43.3 Å². The summed E-state index contributed by atoms with van der Waals surface area (Å²) in [5, 5.41) is 1.84. The lowest BCUT2D eigenvalue weighted by Gasteiger charge is -2.10. The van der Waals surface area contributed by atoms with Gasteiger partial charge in [0.15, 0.2) is 5.70 Å². The molecule has 0 bridgehead atoms. The summed E-state index contributed by atoms with van der Waals surface area (Å²) in [5.41, 5.74) is 6.23. The van der Waals surface area contributed by atoms with Gasteiger partial charge in [0, 0.05) is 21.4 Å². The average molecular weight is 451 g/mol. The molecule has 5 heteroatoms. The SMILES string of the molecule is Cc1ccc(Sc2nc3c(C)cccc3cc2/C=C2/N=C(c3cccc(C)c3)OC2=O)cc1. The molecule has 0 atom stereocenters. The average Bonchev–Trinajstić information content (AvgIpc) is 3.16. The number of benzene rings is 3. The van der Waals surface area contributed by atoms with Crippen LogP contribution in [0.1, 0.15) is 27.8 Å². The van der Waals surface area contributed by atoms with Crippen LogP contribution in [-0.4, -0.2) is 16.9 Å². The number of fused-ring (bicyclic) bond motifs is 1. The van der Waals surface area contributed by atoms with Crippen LogP contribution in [0.15, 0.2) is 93.4 Å². The third-order valence-electron chi connectivity index (χ3n) is 5.45. The van der Waals surface area contributed by atoms with E-state index in [-0.39, 0.29) is 5.70 Å². The molecule has 5 rings (SSSR count). The van der Waals surface area contributed by atoms with E-state index in [4.69, 9.17) is 9.72 Å². The standard InChI is InChI=1S/C28H22N2O2S/c1-17-10-12-23(13-11-17)33-27-22(15-20-8-5-7-19(3)25(20)30-27)16-24-28(31)32-26(29-24)21-9-4-6-18(2)14-21/h4-16H,1-3H3/b24-16+. The molecule has 1 aliphatic rings. The highest BCUT2D eigenvalue weighted by Gasteiger charge is 2.25. The molecular formula is C28H22N2O2S. The first-order valence-electron chi connectivity index (χ1n) is 10.7. The van der Waals surface area contributed by atoms with Crippen molar-refractivity contribution >= 4 is 40.6 Å². The van der Waals surface area contributed by atoms with Crippen LogP contribution in [0.4, 0.5) is 0 Å². The summed E-state index contributed by atoms with van der Waals surface area (Å²) in [6.45, 7) is 6.12. The van der Waals surface area contributed by atoms with E-state index in [1.54, 1.807) is 17.8 Å². The van der Waals surface area contributed by atoms with Gasteiger partial charge in [0.25, 0.3) is 0 Å². The van der Waals surface area contributed by atoms with Crippen LogP contribution >= 0.6 is 11.8 Å². The maximum atomic E-state index is 12.6. The van der Waals surface area contributed by atoms with Gasteiger partial charge in [-0.3, -0.25) is 0 Å². The molecule has 0 saturated carbocycles. The Hall–Kier alpha value is -3.70. The van der Waals surface area contributed by atoms with E-state index in [1.165, 1.54) is 5.56 Å². The summed E-state index contributed by atoms with van der Waals surface area (Å²) in [5.74, 6) is -0.130. The smallest absolute Gasteiger partial charge is 0.363 e. The molecule has 0 amide bonds. The summed E-state index contributed by atoms with van der Waals surface area (Å²) in [6.07, 6.45) is 1.77. The first kappa shape index (κ1) is 21.2. The van der Waals surface area contributed by atoms with Crippen molar-refractivity contribution < 1.29 is 9.53 Å². The fourth-order valence-corrected chi connectivity index (χ4v) is 4.58. The summed E-state index contributed by atoms with van der Waals surface area (Å²) in [7, 11) is 0. The van der Waals surface area contributed by atoms with Gasteiger partial charge in [-0.25, -0.2) is 14.8 Å². The molecule has 0 unspecified atom stereocenters. The lowest BCUT2D eigenvalue weighted by atomic mass is 10.1. The number of para-hydroxylation sites is 1. The van der Waals surface area contributed by atoms with Gasteiger partial charge < -0.3 is 4.74 Å². The molecule has 33 heavy (non-hydrogen) atoms. The first-order valence-corrected chi connectivity index (χ1v) is 11.5. The van der Waals surface area contributed by atoms with Crippen LogP contribution < -0.4 is 0 Å². The van der Waals surface area contributed by atoms with Crippen molar-refractivity contribution in [1.82, 2.24) is 4.98 Å². The van der Waals surface area contributed by atoms with Crippen molar-refractivity contribution in [3.8, 4) is 0 Å². The molecule has 0 fully saturated rings. The van der Waals surface area contributed by atoms with E-state index in [9.17, 15) is 4.79 Å². The second-order valence-corrected chi connectivity index (χ2v) is 9.21. The highest BCUT2D eigenvalue weighted by atomic mass is 32.2. The molecule has 4 nitrogen and oxygen atoms in total. The number of aryl methyl sites for hydroxylation is 3. The fourth-order valence-electron chi connectivity index (χ4n) is 3.71. The Morgan fingerprint density at radius 2 is 1.67 bits per heavy atom. The Balaban J connectivity index is 1.60. The van der Waals surface area contributed by atoms with E-state index >= 15 is 0 Å². The third-order valence-corrected chi connectivity index (χ3v) is 6.48. The van der Waals surface area contributed by atoms with E-state index in [2.05, 4.69) is 55.2 Å². The summed E-state index contributed by atoms with van der Waals surface area (Å²) < 4.78 is 5.48. The molecule has 0 spiro atoms. The predicted octanol–water partition coefficient (Wildman–Crippen LogP) is 6.66. The predicted molar refractivity (Wildman–Crippen MR) is 134 cm³/mol. The molecule has 0 N–H and O–H groups in total. The van der Waals surface area contributed by atoms with Crippen molar-refractivity contribution in [2.75, 3.05) is 0 Å². The number of carbonyl (C=O) groups is 1. The highest BCUT2D eigenvalue weighted by molar-refractivity contribution is 7.99. The first-order chi connectivity index (χ1) is 16.0. The van der Waals surface area contributed by atoms with Crippen molar-refractivity contribution in [3.05, 3.63) is 106 Å². The Morgan fingerprint density at radius 3 is 2.45 bits per heavy atom. The molecule has 0 saturated heterocycles. The molecule has 4 aromatic rings. The monoisotopic (exact) mass is 450 g/mol. The zero-order valence-corrected chi connectivity index (χ0v) is 19.4. The number of nitrogens with zero attached hydrogens (tertiary/aromatic N) is 2. The number of carbonyl (C=O) groups excluding carboxylic acids is 1. The number of aromatic nitrogens is 1. The number of hydrogen-bond donors (Lipinski definition) is 0. The van der Waals surface area contributed by atoms with Gasteiger partial charge in [0.1, 0.15) is 5.03 Å². The van der Waals surface area contributed by atoms with Gasteiger partial charge in [-0.2, -0.15) is 0 Å². The van der Waals surface area contributed by atoms with Crippen molar-refractivity contribution in [3.63, 3.8) is 0 Å². The number of rotatable bonds is 4. The molecule has 162 valence electrons. The normalized spacial score (nSPS) is 14.6. The summed E-state index contributed by atoms with van der Waals surface area (Å²) >= 11 is 1.57. The van der Waals surface area contributed by atoms with Crippen LogP contribution in [0.25, 0.3) is 17.0 Å². The molecule has 0 aliphatic carbocycles. The zero-order chi connectivity index (χ0) is 22.9. The molecule has 0 radical (unpaired) electrons. The van der Waals surface area contributed by atoms with Gasteiger partial charge in [-0.1, -0.05) is 65.4 Å². The number of pyridine rings is 1. The number of ether oxygens (including phenoxy) is 1. The number of aliphatic imine (C=N–C) groups is 1. The summed E-state index contributed by atoms with van der Waals surface area (Å²) in [4.78, 5) is 23.2. The highest BCUT2D eigenvalue weighted by Crippen LogP contribution is 2.34. The topological polar surface area (TPSA) is 51.6 Å².